The molecule has 0 unspecified atom stereocenters. The van der Waals surface area contributed by atoms with Crippen LogP contribution in [0, 0.1) is 0 Å². The summed E-state index contributed by atoms with van der Waals surface area (Å²) in [4.78, 5) is 4.01. The minimum Gasteiger partial charge on any atom is -0.496 e. The third-order valence-corrected chi connectivity index (χ3v) is 3.97. The van der Waals surface area contributed by atoms with Crippen LogP contribution in [0.5, 0.6) is 17.2 Å². The molecule has 0 amide bonds. The van der Waals surface area contributed by atoms with Gasteiger partial charge in [0.05, 0.1) is 43.2 Å². The average Bonchev–Trinajstić information content (AvgIpc) is 2.58. The van der Waals surface area contributed by atoms with Gasteiger partial charge in [-0.05, 0) is 6.07 Å². The van der Waals surface area contributed by atoms with Gasteiger partial charge in [0.1, 0.15) is 22.4 Å². The normalized spacial score (nSPS) is 10.8. The highest BCUT2D eigenvalue weighted by molar-refractivity contribution is 6.42. The SMILES string of the molecule is COc1cc(OC)c(/C=N\Nc2nc(Cl)c(Cl)cc2Cl)c(OC)c1. The van der Waals surface area contributed by atoms with E-state index >= 15 is 0 Å². The number of hydrogen-bond acceptors (Lipinski definition) is 6. The Balaban J connectivity index is 2.30. The van der Waals surface area contributed by atoms with E-state index in [4.69, 9.17) is 49.0 Å². The van der Waals surface area contributed by atoms with Crippen molar-refractivity contribution in [2.75, 3.05) is 26.8 Å². The maximum absolute atomic E-state index is 6.03. The molecule has 2 aromatic rings. The molecule has 0 aliphatic rings. The second kappa shape index (κ2) is 8.28. The zero-order valence-corrected chi connectivity index (χ0v) is 15.3. The maximum atomic E-state index is 6.03. The zero-order chi connectivity index (χ0) is 17.7. The molecule has 1 aromatic heterocycles. The van der Waals surface area contributed by atoms with Gasteiger partial charge in [-0.1, -0.05) is 34.8 Å². The lowest BCUT2D eigenvalue weighted by atomic mass is 10.2. The quantitative estimate of drug-likeness (QED) is 0.446. The summed E-state index contributed by atoms with van der Waals surface area (Å²) < 4.78 is 15.9. The summed E-state index contributed by atoms with van der Waals surface area (Å²) in [5, 5.41) is 4.76. The van der Waals surface area contributed by atoms with Gasteiger partial charge < -0.3 is 14.2 Å². The Hall–Kier alpha value is -1.89. The number of benzene rings is 1. The molecule has 0 aliphatic carbocycles. The zero-order valence-electron chi connectivity index (χ0n) is 13.1. The van der Waals surface area contributed by atoms with Crippen LogP contribution in [0.25, 0.3) is 0 Å². The highest BCUT2D eigenvalue weighted by atomic mass is 35.5. The largest absolute Gasteiger partial charge is 0.496 e. The summed E-state index contributed by atoms with van der Waals surface area (Å²) in [5.41, 5.74) is 3.32. The van der Waals surface area contributed by atoms with Crippen LogP contribution < -0.4 is 19.6 Å². The molecular formula is C15H14Cl3N3O3. The monoisotopic (exact) mass is 389 g/mol. The van der Waals surface area contributed by atoms with E-state index in [-0.39, 0.29) is 21.0 Å². The smallest absolute Gasteiger partial charge is 0.166 e. The Morgan fingerprint density at radius 2 is 1.58 bits per heavy atom. The van der Waals surface area contributed by atoms with Gasteiger partial charge in [0.25, 0.3) is 0 Å². The van der Waals surface area contributed by atoms with Crippen LogP contribution in [0.3, 0.4) is 0 Å². The standard InChI is InChI=1S/C15H14Cl3N3O3/c1-22-8-4-12(23-2)9(13(5-8)24-3)7-19-21-15-11(17)6-10(16)14(18)20-15/h4-7H,1-3H3,(H,20,21)/b19-7-. The molecule has 2 rings (SSSR count). The predicted molar refractivity (Wildman–Crippen MR) is 96.6 cm³/mol. The van der Waals surface area contributed by atoms with Crippen molar-refractivity contribution >= 4 is 46.8 Å². The van der Waals surface area contributed by atoms with Gasteiger partial charge in [-0.25, -0.2) is 4.98 Å². The van der Waals surface area contributed by atoms with Crippen molar-refractivity contribution < 1.29 is 14.2 Å². The number of nitrogens with zero attached hydrogens (tertiary/aromatic N) is 2. The maximum Gasteiger partial charge on any atom is 0.166 e. The Morgan fingerprint density at radius 3 is 2.12 bits per heavy atom. The van der Waals surface area contributed by atoms with Gasteiger partial charge in [-0.3, -0.25) is 5.43 Å². The summed E-state index contributed by atoms with van der Waals surface area (Å²) >= 11 is 17.7. The van der Waals surface area contributed by atoms with Crippen LogP contribution in [0.1, 0.15) is 5.56 Å². The summed E-state index contributed by atoms with van der Waals surface area (Å²) in [6, 6.07) is 4.91. The fourth-order valence-electron chi connectivity index (χ4n) is 1.84. The molecule has 0 saturated heterocycles. The molecule has 0 bridgehead atoms. The molecule has 6 nitrogen and oxygen atoms in total. The number of pyridine rings is 1. The van der Waals surface area contributed by atoms with Crippen LogP contribution >= 0.6 is 34.8 Å². The number of rotatable bonds is 6. The molecule has 1 heterocycles. The van der Waals surface area contributed by atoms with Crippen molar-refractivity contribution in [3.05, 3.63) is 39.0 Å². The van der Waals surface area contributed by atoms with Crippen molar-refractivity contribution in [2.24, 2.45) is 5.10 Å². The number of aromatic nitrogens is 1. The first-order chi connectivity index (χ1) is 11.5. The topological polar surface area (TPSA) is 65.0 Å². The molecule has 1 N–H and O–H groups in total. The second-order valence-electron chi connectivity index (χ2n) is 4.41. The molecule has 128 valence electrons. The van der Waals surface area contributed by atoms with E-state index in [2.05, 4.69) is 15.5 Å². The lowest BCUT2D eigenvalue weighted by Gasteiger charge is -2.12. The highest BCUT2D eigenvalue weighted by Crippen LogP contribution is 2.33. The molecule has 0 spiro atoms. The number of ether oxygens (including phenoxy) is 3. The number of anilines is 1. The van der Waals surface area contributed by atoms with Crippen LogP contribution in [-0.4, -0.2) is 32.5 Å². The van der Waals surface area contributed by atoms with E-state index in [1.54, 1.807) is 19.2 Å². The third kappa shape index (κ3) is 4.14. The van der Waals surface area contributed by atoms with Gasteiger partial charge in [-0.15, -0.1) is 0 Å². The van der Waals surface area contributed by atoms with Gasteiger partial charge in [0.2, 0.25) is 0 Å². The van der Waals surface area contributed by atoms with Gasteiger partial charge in [-0.2, -0.15) is 5.10 Å². The summed E-state index contributed by atoms with van der Waals surface area (Å²) in [7, 11) is 4.63. The lowest BCUT2D eigenvalue weighted by molar-refractivity contribution is 0.374. The number of nitrogens with one attached hydrogen (secondary N) is 1. The molecule has 0 saturated carbocycles. The van der Waals surface area contributed by atoms with Gasteiger partial charge >= 0.3 is 0 Å². The summed E-state index contributed by atoms with van der Waals surface area (Å²) in [6.07, 6.45) is 1.51. The summed E-state index contributed by atoms with van der Waals surface area (Å²) in [5.74, 6) is 1.94. The van der Waals surface area contributed by atoms with Crippen LogP contribution in [0.4, 0.5) is 5.82 Å². The average molecular weight is 391 g/mol. The fraction of sp³-hybridized carbons (Fsp3) is 0.200. The molecule has 0 atom stereocenters. The van der Waals surface area contributed by atoms with E-state index in [1.165, 1.54) is 26.5 Å². The lowest BCUT2D eigenvalue weighted by Crippen LogP contribution is -2.00. The van der Waals surface area contributed by atoms with Crippen molar-refractivity contribution in [1.82, 2.24) is 4.98 Å². The highest BCUT2D eigenvalue weighted by Gasteiger charge is 2.12. The van der Waals surface area contributed by atoms with E-state index < -0.39 is 0 Å². The molecule has 1 aromatic carbocycles. The molecule has 9 heteroatoms. The minimum atomic E-state index is 0.123. The van der Waals surface area contributed by atoms with Crippen molar-refractivity contribution in [3.63, 3.8) is 0 Å². The van der Waals surface area contributed by atoms with E-state index in [1.807, 2.05) is 0 Å². The van der Waals surface area contributed by atoms with Gasteiger partial charge in [0.15, 0.2) is 5.82 Å². The van der Waals surface area contributed by atoms with Crippen LogP contribution in [0.15, 0.2) is 23.3 Å². The minimum absolute atomic E-state index is 0.123. The van der Waals surface area contributed by atoms with Crippen molar-refractivity contribution in [2.45, 2.75) is 0 Å². The van der Waals surface area contributed by atoms with E-state index in [9.17, 15) is 0 Å². The molecule has 0 radical (unpaired) electrons. The van der Waals surface area contributed by atoms with Gasteiger partial charge in [0, 0.05) is 12.1 Å². The molecular weight excluding hydrogens is 377 g/mol. The predicted octanol–water partition coefficient (Wildman–Crippen LogP) is 4.51. The Morgan fingerprint density at radius 1 is 0.958 bits per heavy atom. The second-order valence-corrected chi connectivity index (χ2v) is 5.58. The Labute approximate surface area is 154 Å². The third-order valence-electron chi connectivity index (χ3n) is 3.00. The van der Waals surface area contributed by atoms with Crippen LogP contribution in [0.2, 0.25) is 15.2 Å². The van der Waals surface area contributed by atoms with E-state index in [0.29, 0.717) is 22.8 Å². The van der Waals surface area contributed by atoms with Crippen molar-refractivity contribution in [3.8, 4) is 17.2 Å². The molecule has 24 heavy (non-hydrogen) atoms. The Bertz CT molecular complexity index is 744. The first-order valence-electron chi connectivity index (χ1n) is 6.60. The first-order valence-corrected chi connectivity index (χ1v) is 7.74. The van der Waals surface area contributed by atoms with E-state index in [0.717, 1.165) is 0 Å². The molecule has 0 aliphatic heterocycles. The number of halogens is 3. The fourth-order valence-corrected chi connectivity index (χ4v) is 2.38. The number of hydrazone groups is 1. The Kier molecular flexibility index (Phi) is 6.36. The summed E-state index contributed by atoms with van der Waals surface area (Å²) in [6.45, 7) is 0. The number of methoxy groups -OCH3 is 3. The molecule has 0 fully saturated rings. The first kappa shape index (κ1) is 18.4. The number of hydrogen-bond donors (Lipinski definition) is 1. The van der Waals surface area contributed by atoms with Crippen molar-refractivity contribution in [1.29, 1.82) is 0 Å². The van der Waals surface area contributed by atoms with Crippen LogP contribution in [-0.2, 0) is 0 Å².